The number of halogens is 2. The molecule has 0 bridgehead atoms. The van der Waals surface area contributed by atoms with Crippen molar-refractivity contribution in [2.24, 2.45) is 5.41 Å². The Balaban J connectivity index is 2.07. The van der Waals surface area contributed by atoms with Gasteiger partial charge in [-0.25, -0.2) is 13.8 Å². The van der Waals surface area contributed by atoms with E-state index in [1.807, 2.05) is 25.3 Å². The lowest BCUT2D eigenvalue weighted by atomic mass is 9.86. The van der Waals surface area contributed by atoms with Crippen LogP contribution in [-0.4, -0.2) is 34.5 Å². The molecule has 0 saturated carbocycles. The van der Waals surface area contributed by atoms with Crippen LogP contribution in [0.1, 0.15) is 56.2 Å². The molecule has 0 radical (unpaired) electrons. The van der Waals surface area contributed by atoms with E-state index < -0.39 is 29.0 Å². The second kappa shape index (κ2) is 8.53. The molecule has 2 N–H and O–H groups in total. The lowest BCUT2D eigenvalue weighted by Crippen LogP contribution is -2.53. The van der Waals surface area contributed by atoms with E-state index in [9.17, 15) is 18.4 Å². The maximum absolute atomic E-state index is 14.5. The van der Waals surface area contributed by atoms with Gasteiger partial charge in [-0.05, 0) is 42.9 Å². The summed E-state index contributed by atoms with van der Waals surface area (Å²) in [6.07, 6.45) is 3.30. The highest BCUT2D eigenvalue weighted by molar-refractivity contribution is 5.97. The molecule has 6 nitrogen and oxygen atoms in total. The Morgan fingerprint density at radius 1 is 1.17 bits per heavy atom. The summed E-state index contributed by atoms with van der Waals surface area (Å²) < 4.78 is 30.1. The summed E-state index contributed by atoms with van der Waals surface area (Å²) >= 11 is 0. The van der Waals surface area contributed by atoms with Crippen LogP contribution in [0.2, 0.25) is 0 Å². The Labute approximate surface area is 175 Å². The quantitative estimate of drug-likeness (QED) is 0.799. The maximum Gasteiger partial charge on any atom is 0.272 e. The predicted molar refractivity (Wildman–Crippen MR) is 110 cm³/mol. The van der Waals surface area contributed by atoms with Gasteiger partial charge in [0, 0.05) is 13.6 Å². The predicted octanol–water partition coefficient (Wildman–Crippen LogP) is 3.45. The SMILES string of the molecule is CNC(=O)[C@@H](NC(=O)c1nc(-c2cc(F)ccc2F)n2c1CCCCC2)C(C)(C)C. The van der Waals surface area contributed by atoms with Crippen LogP contribution in [0.15, 0.2) is 18.2 Å². The zero-order chi connectivity index (χ0) is 22.1. The molecule has 8 heteroatoms. The second-order valence-corrected chi connectivity index (χ2v) is 8.70. The molecule has 162 valence electrons. The molecule has 1 aliphatic rings. The van der Waals surface area contributed by atoms with Gasteiger partial charge in [0.1, 0.15) is 29.2 Å². The van der Waals surface area contributed by atoms with Crippen LogP contribution in [0.25, 0.3) is 11.4 Å². The Morgan fingerprint density at radius 3 is 2.57 bits per heavy atom. The number of hydrogen-bond donors (Lipinski definition) is 2. The summed E-state index contributed by atoms with van der Waals surface area (Å²) in [5.41, 5.74) is 0.349. The number of carbonyl (C=O) groups is 2. The Kier molecular flexibility index (Phi) is 6.24. The van der Waals surface area contributed by atoms with E-state index in [0.29, 0.717) is 18.7 Å². The van der Waals surface area contributed by atoms with Gasteiger partial charge < -0.3 is 15.2 Å². The third kappa shape index (κ3) is 4.37. The van der Waals surface area contributed by atoms with Crippen molar-refractivity contribution in [1.82, 2.24) is 20.2 Å². The summed E-state index contributed by atoms with van der Waals surface area (Å²) in [6.45, 7) is 6.14. The Hall–Kier alpha value is -2.77. The van der Waals surface area contributed by atoms with Gasteiger partial charge in [0.05, 0.1) is 11.3 Å². The molecule has 0 unspecified atom stereocenters. The number of amides is 2. The minimum atomic E-state index is -0.771. The van der Waals surface area contributed by atoms with Crippen LogP contribution in [0.4, 0.5) is 8.78 Å². The van der Waals surface area contributed by atoms with E-state index in [1.54, 1.807) is 0 Å². The van der Waals surface area contributed by atoms with E-state index in [1.165, 1.54) is 7.05 Å². The minimum Gasteiger partial charge on any atom is -0.357 e. The van der Waals surface area contributed by atoms with Crippen LogP contribution in [0, 0.1) is 17.0 Å². The van der Waals surface area contributed by atoms with Crippen molar-refractivity contribution in [1.29, 1.82) is 0 Å². The van der Waals surface area contributed by atoms with E-state index >= 15 is 0 Å². The fourth-order valence-corrected chi connectivity index (χ4v) is 3.80. The first-order chi connectivity index (χ1) is 14.1. The molecule has 3 rings (SSSR count). The van der Waals surface area contributed by atoms with E-state index in [-0.39, 0.29) is 23.0 Å². The van der Waals surface area contributed by atoms with E-state index in [2.05, 4.69) is 15.6 Å². The molecule has 2 amide bonds. The fraction of sp³-hybridized carbons (Fsp3) is 0.500. The molecular weight excluding hydrogens is 390 g/mol. The van der Waals surface area contributed by atoms with Crippen LogP contribution < -0.4 is 10.6 Å². The third-order valence-corrected chi connectivity index (χ3v) is 5.40. The zero-order valence-corrected chi connectivity index (χ0v) is 17.8. The van der Waals surface area contributed by atoms with Crippen molar-refractivity contribution < 1.29 is 18.4 Å². The van der Waals surface area contributed by atoms with Gasteiger partial charge in [-0.1, -0.05) is 27.2 Å². The summed E-state index contributed by atoms with van der Waals surface area (Å²) in [6, 6.07) is 2.44. The Morgan fingerprint density at radius 2 is 1.90 bits per heavy atom. The molecule has 0 saturated heterocycles. The van der Waals surface area contributed by atoms with Gasteiger partial charge in [0.2, 0.25) is 5.91 Å². The summed E-state index contributed by atoms with van der Waals surface area (Å²) in [5, 5.41) is 5.37. The number of aromatic nitrogens is 2. The van der Waals surface area contributed by atoms with Crippen LogP contribution >= 0.6 is 0 Å². The highest BCUT2D eigenvalue weighted by atomic mass is 19.1. The Bertz CT molecular complexity index is 963. The molecule has 0 spiro atoms. The van der Waals surface area contributed by atoms with Crippen molar-refractivity contribution in [3.05, 3.63) is 41.2 Å². The summed E-state index contributed by atoms with van der Waals surface area (Å²) in [5.74, 6) is -1.74. The number of hydrogen-bond acceptors (Lipinski definition) is 3. The van der Waals surface area contributed by atoms with Gasteiger partial charge in [0.25, 0.3) is 5.91 Å². The van der Waals surface area contributed by atoms with E-state index in [4.69, 9.17) is 0 Å². The lowest BCUT2D eigenvalue weighted by Gasteiger charge is -2.29. The van der Waals surface area contributed by atoms with Crippen molar-refractivity contribution in [2.75, 3.05) is 7.05 Å². The van der Waals surface area contributed by atoms with E-state index in [0.717, 1.165) is 37.5 Å². The van der Waals surface area contributed by atoms with Crippen LogP contribution in [0.5, 0.6) is 0 Å². The average Bonchev–Trinajstić information content (AvgIpc) is 2.87. The topological polar surface area (TPSA) is 76.0 Å². The molecule has 0 fully saturated rings. The monoisotopic (exact) mass is 418 g/mol. The molecule has 1 atom stereocenters. The normalized spacial score (nSPS) is 15.1. The van der Waals surface area contributed by atoms with Gasteiger partial charge in [-0.3, -0.25) is 9.59 Å². The van der Waals surface area contributed by atoms with Crippen LogP contribution in [0.3, 0.4) is 0 Å². The van der Waals surface area contributed by atoms with Crippen LogP contribution in [-0.2, 0) is 17.8 Å². The molecule has 1 aromatic heterocycles. The second-order valence-electron chi connectivity index (χ2n) is 8.70. The molecular formula is C22H28F2N4O2. The first-order valence-corrected chi connectivity index (χ1v) is 10.2. The first kappa shape index (κ1) is 21.9. The minimum absolute atomic E-state index is 0.0240. The smallest absolute Gasteiger partial charge is 0.272 e. The number of benzene rings is 1. The number of nitrogens with one attached hydrogen (secondary N) is 2. The van der Waals surface area contributed by atoms with Crippen molar-refractivity contribution in [3.8, 4) is 11.4 Å². The standard InChI is InChI=1S/C22H28F2N4O2/c1-22(2,3)18(21(30)25-4)27-20(29)17-16-8-6-5-7-11-28(16)19(26-17)14-12-13(23)9-10-15(14)24/h9-10,12,18H,5-8,11H2,1-4H3,(H,25,30)(H,27,29)/t18-/m1/s1. The van der Waals surface area contributed by atoms with Gasteiger partial charge in [-0.15, -0.1) is 0 Å². The molecule has 2 heterocycles. The molecule has 2 aromatic rings. The first-order valence-electron chi connectivity index (χ1n) is 10.2. The van der Waals surface area contributed by atoms with Gasteiger partial charge >= 0.3 is 0 Å². The number of imidazole rings is 1. The number of rotatable bonds is 4. The highest BCUT2D eigenvalue weighted by Crippen LogP contribution is 2.30. The van der Waals surface area contributed by atoms with Gasteiger partial charge in [-0.2, -0.15) is 0 Å². The lowest BCUT2D eigenvalue weighted by molar-refractivity contribution is -0.124. The highest BCUT2D eigenvalue weighted by Gasteiger charge is 2.34. The molecule has 30 heavy (non-hydrogen) atoms. The molecule has 1 aliphatic heterocycles. The molecule has 0 aliphatic carbocycles. The number of carbonyl (C=O) groups excluding carboxylic acids is 2. The summed E-state index contributed by atoms with van der Waals surface area (Å²) in [4.78, 5) is 29.9. The number of fused-ring (bicyclic) bond motifs is 1. The van der Waals surface area contributed by atoms with Crippen molar-refractivity contribution >= 4 is 11.8 Å². The fourth-order valence-electron chi connectivity index (χ4n) is 3.80. The summed E-state index contributed by atoms with van der Waals surface area (Å²) in [7, 11) is 1.51. The number of likely N-dealkylation sites (N-methyl/N-ethyl adjacent to an activating group) is 1. The largest absolute Gasteiger partial charge is 0.357 e. The van der Waals surface area contributed by atoms with Crippen molar-refractivity contribution in [3.63, 3.8) is 0 Å². The number of nitrogens with zero attached hydrogens (tertiary/aromatic N) is 2. The van der Waals surface area contributed by atoms with Crippen molar-refractivity contribution in [2.45, 2.75) is 59.0 Å². The van der Waals surface area contributed by atoms with Gasteiger partial charge in [0.15, 0.2) is 0 Å². The third-order valence-electron chi connectivity index (χ3n) is 5.40. The maximum atomic E-state index is 14.5. The zero-order valence-electron chi connectivity index (χ0n) is 17.8. The molecule has 1 aromatic carbocycles. The average molecular weight is 418 g/mol.